The van der Waals surface area contributed by atoms with E-state index in [1.54, 1.807) is 31.2 Å². The standard InChI is InChI=1S/C20H18ClN3O2S/c1-13-7-9-15(10-8-13)27(25,26)24-12-11-17-19(22-14(2)23-20(17)21)16-5-3-4-6-18(16)24/h3-10H,11-12H2,1-2H3. The molecular formula is C20H18ClN3O2S. The van der Waals surface area contributed by atoms with Gasteiger partial charge in [0.1, 0.15) is 11.0 Å². The lowest BCUT2D eigenvalue weighted by atomic mass is 10.1. The van der Waals surface area contributed by atoms with Crippen molar-refractivity contribution in [2.75, 3.05) is 10.8 Å². The number of benzene rings is 2. The summed E-state index contributed by atoms with van der Waals surface area (Å²) in [7, 11) is -3.71. The Balaban J connectivity index is 1.91. The van der Waals surface area contributed by atoms with Crippen molar-refractivity contribution < 1.29 is 8.42 Å². The van der Waals surface area contributed by atoms with Crippen molar-refractivity contribution in [3.8, 4) is 11.3 Å². The number of rotatable bonds is 2. The van der Waals surface area contributed by atoms with Crippen LogP contribution in [0.15, 0.2) is 53.4 Å². The Morgan fingerprint density at radius 2 is 1.70 bits per heavy atom. The highest BCUT2D eigenvalue weighted by Crippen LogP contribution is 2.39. The minimum atomic E-state index is -3.71. The molecule has 3 aromatic rings. The average molecular weight is 400 g/mol. The summed E-state index contributed by atoms with van der Waals surface area (Å²) in [6, 6.07) is 14.3. The number of aryl methyl sites for hydroxylation is 2. The summed E-state index contributed by atoms with van der Waals surface area (Å²) >= 11 is 6.36. The molecule has 1 aromatic heterocycles. The summed E-state index contributed by atoms with van der Waals surface area (Å²) in [5, 5.41) is 0.377. The quantitative estimate of drug-likeness (QED) is 0.607. The van der Waals surface area contributed by atoms with E-state index in [1.807, 2.05) is 31.2 Å². The highest BCUT2D eigenvalue weighted by Gasteiger charge is 2.31. The number of hydrogen-bond donors (Lipinski definition) is 0. The minimum Gasteiger partial charge on any atom is -0.265 e. The van der Waals surface area contributed by atoms with Gasteiger partial charge in [0.2, 0.25) is 0 Å². The van der Waals surface area contributed by atoms with E-state index < -0.39 is 10.0 Å². The predicted octanol–water partition coefficient (Wildman–Crippen LogP) is 4.17. The topological polar surface area (TPSA) is 63.2 Å². The first-order valence-electron chi connectivity index (χ1n) is 8.60. The molecule has 27 heavy (non-hydrogen) atoms. The fraction of sp³-hybridized carbons (Fsp3) is 0.200. The molecule has 138 valence electrons. The molecule has 0 spiro atoms. The highest BCUT2D eigenvalue weighted by molar-refractivity contribution is 7.92. The SMILES string of the molecule is Cc1ccc(S(=O)(=O)N2CCc3c(Cl)nc(C)nc3-c3ccccc32)cc1. The van der Waals surface area contributed by atoms with Crippen molar-refractivity contribution in [2.45, 2.75) is 25.2 Å². The molecule has 0 radical (unpaired) electrons. The van der Waals surface area contributed by atoms with Crippen LogP contribution in [0.1, 0.15) is 17.0 Å². The number of hydrogen-bond acceptors (Lipinski definition) is 4. The first kappa shape index (κ1) is 17.9. The van der Waals surface area contributed by atoms with Crippen molar-refractivity contribution in [3.05, 3.63) is 70.6 Å². The van der Waals surface area contributed by atoms with Crippen LogP contribution in [-0.2, 0) is 16.4 Å². The molecule has 0 saturated heterocycles. The zero-order chi connectivity index (χ0) is 19.2. The first-order chi connectivity index (χ1) is 12.9. The third-order valence-corrected chi connectivity index (χ3v) is 6.81. The maximum Gasteiger partial charge on any atom is 0.264 e. The molecule has 1 aliphatic rings. The predicted molar refractivity (Wildman–Crippen MR) is 107 cm³/mol. The van der Waals surface area contributed by atoms with Crippen molar-refractivity contribution in [2.24, 2.45) is 0 Å². The summed E-state index contributed by atoms with van der Waals surface area (Å²) in [5.41, 5.74) is 3.83. The Morgan fingerprint density at radius 3 is 2.44 bits per heavy atom. The van der Waals surface area contributed by atoms with E-state index in [-0.39, 0.29) is 11.4 Å². The van der Waals surface area contributed by atoms with E-state index in [0.717, 1.165) is 16.7 Å². The van der Waals surface area contributed by atoms with E-state index >= 15 is 0 Å². The Morgan fingerprint density at radius 1 is 1.00 bits per heavy atom. The smallest absolute Gasteiger partial charge is 0.264 e. The molecule has 2 aromatic carbocycles. The summed E-state index contributed by atoms with van der Waals surface area (Å²) in [4.78, 5) is 9.07. The molecule has 0 bridgehead atoms. The molecule has 0 aliphatic carbocycles. The second-order valence-electron chi connectivity index (χ2n) is 6.55. The molecule has 0 unspecified atom stereocenters. The normalized spacial score (nSPS) is 13.7. The molecule has 5 nitrogen and oxygen atoms in total. The number of sulfonamides is 1. The molecule has 0 N–H and O–H groups in total. The molecule has 0 amide bonds. The molecule has 0 saturated carbocycles. The van der Waals surface area contributed by atoms with Crippen molar-refractivity contribution >= 4 is 27.3 Å². The average Bonchev–Trinajstić information content (AvgIpc) is 2.80. The van der Waals surface area contributed by atoms with Gasteiger partial charge in [-0.25, -0.2) is 18.4 Å². The van der Waals surface area contributed by atoms with Gasteiger partial charge in [0.25, 0.3) is 10.0 Å². The molecule has 1 aliphatic heterocycles. The lowest BCUT2D eigenvalue weighted by Gasteiger charge is -2.24. The number of nitrogens with zero attached hydrogens (tertiary/aromatic N) is 3. The zero-order valence-corrected chi connectivity index (χ0v) is 16.5. The van der Waals surface area contributed by atoms with Crippen LogP contribution in [0.3, 0.4) is 0 Å². The number of anilines is 1. The van der Waals surface area contributed by atoms with Crippen LogP contribution in [-0.4, -0.2) is 24.9 Å². The number of fused-ring (bicyclic) bond motifs is 3. The van der Waals surface area contributed by atoms with Crippen LogP contribution in [0.5, 0.6) is 0 Å². The Kier molecular flexibility index (Phi) is 4.40. The summed E-state index contributed by atoms with van der Waals surface area (Å²) in [5.74, 6) is 0.559. The molecule has 0 fully saturated rings. The molecule has 0 atom stereocenters. The van der Waals surface area contributed by atoms with Crippen LogP contribution < -0.4 is 4.31 Å². The van der Waals surface area contributed by atoms with Gasteiger partial charge in [-0.3, -0.25) is 4.31 Å². The summed E-state index contributed by atoms with van der Waals surface area (Å²) in [6.07, 6.45) is 0.439. The summed E-state index contributed by atoms with van der Waals surface area (Å²) in [6.45, 7) is 3.98. The van der Waals surface area contributed by atoms with Crippen LogP contribution >= 0.6 is 11.6 Å². The van der Waals surface area contributed by atoms with Gasteiger partial charge in [0.15, 0.2) is 0 Å². The van der Waals surface area contributed by atoms with Crippen molar-refractivity contribution in [1.29, 1.82) is 0 Å². The number of halogens is 1. The monoisotopic (exact) mass is 399 g/mol. The largest absolute Gasteiger partial charge is 0.265 e. The van der Waals surface area contributed by atoms with Crippen LogP contribution in [0.25, 0.3) is 11.3 Å². The van der Waals surface area contributed by atoms with Crippen LogP contribution in [0.2, 0.25) is 5.15 Å². The molecule has 7 heteroatoms. The Bertz CT molecular complexity index is 1130. The van der Waals surface area contributed by atoms with Crippen LogP contribution in [0.4, 0.5) is 5.69 Å². The summed E-state index contributed by atoms with van der Waals surface area (Å²) < 4.78 is 28.2. The van der Waals surface area contributed by atoms with Gasteiger partial charge in [-0.2, -0.15) is 0 Å². The van der Waals surface area contributed by atoms with E-state index in [0.29, 0.717) is 28.8 Å². The maximum absolute atomic E-state index is 13.4. The number of aromatic nitrogens is 2. The van der Waals surface area contributed by atoms with Gasteiger partial charge >= 0.3 is 0 Å². The van der Waals surface area contributed by atoms with Gasteiger partial charge in [0.05, 0.1) is 16.3 Å². The van der Waals surface area contributed by atoms with Crippen molar-refractivity contribution in [1.82, 2.24) is 9.97 Å². The van der Waals surface area contributed by atoms with Crippen molar-refractivity contribution in [3.63, 3.8) is 0 Å². The Labute approximate surface area is 163 Å². The second-order valence-corrected chi connectivity index (χ2v) is 8.77. The van der Waals surface area contributed by atoms with Gasteiger partial charge in [0, 0.05) is 17.7 Å². The highest BCUT2D eigenvalue weighted by atomic mass is 35.5. The fourth-order valence-corrected chi connectivity index (χ4v) is 5.11. The molecule has 2 heterocycles. The minimum absolute atomic E-state index is 0.266. The lowest BCUT2D eigenvalue weighted by Crippen LogP contribution is -2.32. The third kappa shape index (κ3) is 3.09. The molecular weight excluding hydrogens is 382 g/mol. The Hall–Kier alpha value is -2.44. The number of para-hydroxylation sites is 1. The van der Waals surface area contributed by atoms with Gasteiger partial charge in [-0.05, 0) is 38.5 Å². The van der Waals surface area contributed by atoms with E-state index in [1.165, 1.54) is 4.31 Å². The fourth-order valence-electron chi connectivity index (χ4n) is 3.32. The second kappa shape index (κ2) is 6.62. The van der Waals surface area contributed by atoms with E-state index in [4.69, 9.17) is 11.6 Å². The lowest BCUT2D eigenvalue weighted by molar-refractivity contribution is 0.591. The van der Waals surface area contributed by atoms with Gasteiger partial charge < -0.3 is 0 Å². The third-order valence-electron chi connectivity index (χ3n) is 4.67. The maximum atomic E-state index is 13.4. The van der Waals surface area contributed by atoms with Crippen LogP contribution in [0, 0.1) is 13.8 Å². The van der Waals surface area contributed by atoms with Gasteiger partial charge in [-0.15, -0.1) is 0 Å². The van der Waals surface area contributed by atoms with E-state index in [9.17, 15) is 8.42 Å². The molecule has 4 rings (SSSR count). The first-order valence-corrected chi connectivity index (χ1v) is 10.4. The zero-order valence-electron chi connectivity index (χ0n) is 15.0. The van der Waals surface area contributed by atoms with Gasteiger partial charge in [-0.1, -0.05) is 47.5 Å². The van der Waals surface area contributed by atoms with E-state index in [2.05, 4.69) is 9.97 Å².